The molecule has 0 bridgehead atoms. The minimum Gasteiger partial charge on any atom is -0.340 e. The summed E-state index contributed by atoms with van der Waals surface area (Å²) in [5.74, 6) is -1.05. The van der Waals surface area contributed by atoms with Crippen LogP contribution in [0.25, 0.3) is 10.8 Å². The van der Waals surface area contributed by atoms with Gasteiger partial charge < -0.3 is 10.2 Å². The van der Waals surface area contributed by atoms with Gasteiger partial charge in [-0.05, 0) is 47.9 Å². The minimum atomic E-state index is -3.94. The number of aromatic nitrogens is 1. The van der Waals surface area contributed by atoms with Gasteiger partial charge in [0, 0.05) is 24.5 Å². The predicted octanol–water partition coefficient (Wildman–Crippen LogP) is 2.38. The van der Waals surface area contributed by atoms with Gasteiger partial charge >= 0.3 is 0 Å². The fourth-order valence-electron chi connectivity index (χ4n) is 5.29. The molecule has 3 atom stereocenters. The van der Waals surface area contributed by atoms with Crippen LogP contribution in [0.1, 0.15) is 36.5 Å². The number of pyridine rings is 1. The molecule has 2 fully saturated rings. The van der Waals surface area contributed by atoms with Gasteiger partial charge in [0.1, 0.15) is 17.0 Å². The SMILES string of the molecule is CCCC(NC(=O)c1ccc2ccccc2c1)C(=O)N1CCC2C1C(=O)CN2S(=O)(=O)c1cccnc1. The van der Waals surface area contributed by atoms with E-state index in [9.17, 15) is 22.8 Å². The average Bonchev–Trinajstić information content (AvgIpc) is 3.49. The van der Waals surface area contributed by atoms with Crippen LogP contribution in [0.3, 0.4) is 0 Å². The van der Waals surface area contributed by atoms with Crippen LogP contribution in [0.4, 0.5) is 0 Å². The Kier molecular flexibility index (Phi) is 6.78. The maximum atomic E-state index is 13.6. The summed E-state index contributed by atoms with van der Waals surface area (Å²) in [5.41, 5.74) is 0.442. The molecular formula is C27H28N4O5S. The molecule has 2 aliphatic rings. The van der Waals surface area contributed by atoms with E-state index in [1.807, 2.05) is 37.3 Å². The molecule has 3 heterocycles. The second-order valence-electron chi connectivity index (χ2n) is 9.41. The van der Waals surface area contributed by atoms with E-state index >= 15 is 0 Å². The zero-order valence-corrected chi connectivity index (χ0v) is 21.2. The number of amides is 2. The van der Waals surface area contributed by atoms with Gasteiger partial charge in [0.2, 0.25) is 15.9 Å². The van der Waals surface area contributed by atoms with Crippen LogP contribution in [0.15, 0.2) is 71.9 Å². The molecule has 2 saturated heterocycles. The number of fused-ring (bicyclic) bond motifs is 2. The largest absolute Gasteiger partial charge is 0.340 e. The predicted molar refractivity (Wildman–Crippen MR) is 137 cm³/mol. The van der Waals surface area contributed by atoms with Gasteiger partial charge in [-0.3, -0.25) is 19.4 Å². The lowest BCUT2D eigenvalue weighted by Gasteiger charge is -2.28. The fourth-order valence-corrected chi connectivity index (χ4v) is 6.88. The lowest BCUT2D eigenvalue weighted by atomic mass is 10.0. The second-order valence-corrected chi connectivity index (χ2v) is 11.3. The number of hydrogen-bond donors (Lipinski definition) is 1. The number of nitrogens with zero attached hydrogens (tertiary/aromatic N) is 3. The third-order valence-electron chi connectivity index (χ3n) is 7.09. The summed E-state index contributed by atoms with van der Waals surface area (Å²) in [4.78, 5) is 45.1. The standard InChI is InChI=1S/C27H28N4O5S/c1-2-6-22(29-26(33)20-11-10-18-7-3-4-8-19(18)15-20)27(34)30-14-12-23-25(30)24(32)17-31(23)37(35,36)21-9-5-13-28-16-21/h3-5,7-11,13,15-16,22-23,25H,2,6,12,14,17H2,1H3,(H,29,33). The van der Waals surface area contributed by atoms with Crippen LogP contribution in [0.5, 0.6) is 0 Å². The van der Waals surface area contributed by atoms with E-state index in [2.05, 4.69) is 10.3 Å². The number of nitrogens with one attached hydrogen (secondary N) is 1. The highest BCUT2D eigenvalue weighted by atomic mass is 32.2. The topological polar surface area (TPSA) is 117 Å². The third kappa shape index (κ3) is 4.62. The summed E-state index contributed by atoms with van der Waals surface area (Å²) < 4.78 is 27.6. The van der Waals surface area contributed by atoms with E-state index in [1.54, 1.807) is 12.1 Å². The first-order chi connectivity index (χ1) is 17.8. The molecule has 2 aliphatic heterocycles. The minimum absolute atomic E-state index is 0.0136. The normalized spacial score (nSPS) is 20.7. The van der Waals surface area contributed by atoms with Gasteiger partial charge in [0.05, 0.1) is 12.6 Å². The molecular weight excluding hydrogens is 492 g/mol. The Morgan fingerprint density at radius 1 is 1.11 bits per heavy atom. The lowest BCUT2D eigenvalue weighted by Crippen LogP contribution is -2.52. The summed E-state index contributed by atoms with van der Waals surface area (Å²) in [6.07, 6.45) is 4.13. The van der Waals surface area contributed by atoms with Crippen molar-refractivity contribution in [3.63, 3.8) is 0 Å². The first-order valence-corrected chi connectivity index (χ1v) is 13.8. The summed E-state index contributed by atoms with van der Waals surface area (Å²) >= 11 is 0. The molecule has 9 nitrogen and oxygen atoms in total. The summed E-state index contributed by atoms with van der Waals surface area (Å²) in [6.45, 7) is 1.86. The van der Waals surface area contributed by atoms with Crippen LogP contribution in [0, 0.1) is 0 Å². The number of ketones is 1. The molecule has 37 heavy (non-hydrogen) atoms. The maximum Gasteiger partial charge on any atom is 0.251 e. The van der Waals surface area contributed by atoms with Gasteiger partial charge in [-0.1, -0.05) is 43.7 Å². The first-order valence-electron chi connectivity index (χ1n) is 12.4. The molecule has 1 aromatic heterocycles. The van der Waals surface area contributed by atoms with Crippen molar-refractivity contribution in [1.82, 2.24) is 19.5 Å². The van der Waals surface area contributed by atoms with Crippen LogP contribution in [-0.2, 0) is 19.6 Å². The Morgan fingerprint density at radius 2 is 1.89 bits per heavy atom. The van der Waals surface area contributed by atoms with Crippen molar-refractivity contribution >= 4 is 38.4 Å². The van der Waals surface area contributed by atoms with Crippen molar-refractivity contribution in [3.05, 3.63) is 72.6 Å². The molecule has 10 heteroatoms. The Balaban J connectivity index is 1.34. The zero-order chi connectivity index (χ0) is 26.2. The quantitative estimate of drug-likeness (QED) is 0.511. The molecule has 5 rings (SSSR count). The summed E-state index contributed by atoms with van der Waals surface area (Å²) in [6, 6.07) is 13.7. The van der Waals surface area contributed by atoms with Crippen molar-refractivity contribution in [1.29, 1.82) is 0 Å². The van der Waals surface area contributed by atoms with Crippen LogP contribution >= 0.6 is 0 Å². The second kappa shape index (κ2) is 10.0. The number of benzene rings is 2. The molecule has 1 N–H and O–H groups in total. The lowest BCUT2D eigenvalue weighted by molar-refractivity contribution is -0.138. The van der Waals surface area contributed by atoms with Crippen LogP contribution in [0.2, 0.25) is 0 Å². The van der Waals surface area contributed by atoms with E-state index in [0.29, 0.717) is 24.8 Å². The smallest absolute Gasteiger partial charge is 0.251 e. The highest BCUT2D eigenvalue weighted by Gasteiger charge is 2.54. The highest BCUT2D eigenvalue weighted by molar-refractivity contribution is 7.89. The number of sulfonamides is 1. The van der Waals surface area contributed by atoms with E-state index in [4.69, 9.17) is 0 Å². The van der Waals surface area contributed by atoms with E-state index in [0.717, 1.165) is 10.8 Å². The average molecular weight is 521 g/mol. The van der Waals surface area contributed by atoms with E-state index in [-0.39, 0.29) is 35.6 Å². The van der Waals surface area contributed by atoms with Gasteiger partial charge in [-0.25, -0.2) is 8.42 Å². The van der Waals surface area contributed by atoms with Crippen LogP contribution < -0.4 is 5.32 Å². The van der Waals surface area contributed by atoms with Crippen molar-refractivity contribution in [2.24, 2.45) is 0 Å². The van der Waals surface area contributed by atoms with Crippen LogP contribution in [-0.4, -0.2) is 71.4 Å². The molecule has 3 aromatic rings. The Hall–Kier alpha value is -3.63. The summed E-state index contributed by atoms with van der Waals surface area (Å²) in [7, 11) is -3.94. The third-order valence-corrected chi connectivity index (χ3v) is 8.95. The van der Waals surface area contributed by atoms with E-state index in [1.165, 1.54) is 33.7 Å². The number of rotatable bonds is 7. The molecule has 192 valence electrons. The van der Waals surface area contributed by atoms with Crippen molar-refractivity contribution in [3.8, 4) is 0 Å². The molecule has 2 amide bonds. The van der Waals surface area contributed by atoms with Crippen molar-refractivity contribution < 1.29 is 22.8 Å². The maximum absolute atomic E-state index is 13.6. The molecule has 0 aliphatic carbocycles. The number of hydrogen-bond acceptors (Lipinski definition) is 6. The Morgan fingerprint density at radius 3 is 2.62 bits per heavy atom. The Labute approximate surface area is 215 Å². The van der Waals surface area contributed by atoms with Gasteiger partial charge in [-0.15, -0.1) is 0 Å². The van der Waals surface area contributed by atoms with Crippen molar-refractivity contribution in [2.75, 3.05) is 13.1 Å². The molecule has 3 unspecified atom stereocenters. The van der Waals surface area contributed by atoms with Gasteiger partial charge in [0.25, 0.3) is 5.91 Å². The number of likely N-dealkylation sites (tertiary alicyclic amines) is 1. The highest BCUT2D eigenvalue weighted by Crippen LogP contribution is 2.34. The fraction of sp³-hybridized carbons (Fsp3) is 0.333. The molecule has 2 aromatic carbocycles. The van der Waals surface area contributed by atoms with Crippen molar-refractivity contribution in [2.45, 2.75) is 49.2 Å². The molecule has 0 saturated carbocycles. The number of carbonyl (C=O) groups is 3. The van der Waals surface area contributed by atoms with Gasteiger partial charge in [0.15, 0.2) is 5.78 Å². The van der Waals surface area contributed by atoms with E-state index < -0.39 is 28.1 Å². The summed E-state index contributed by atoms with van der Waals surface area (Å²) in [5, 5.41) is 4.78. The zero-order valence-electron chi connectivity index (χ0n) is 20.4. The first kappa shape index (κ1) is 25.0. The molecule has 0 radical (unpaired) electrons. The molecule has 0 spiro atoms. The monoisotopic (exact) mass is 520 g/mol. The number of Topliss-reactive ketones (excluding diaryl/α,β-unsaturated/α-hetero) is 1. The Bertz CT molecular complexity index is 1460. The number of carbonyl (C=O) groups excluding carboxylic acids is 3. The van der Waals surface area contributed by atoms with Gasteiger partial charge in [-0.2, -0.15) is 4.31 Å².